The highest BCUT2D eigenvalue weighted by atomic mass is 32.1. The van der Waals surface area contributed by atoms with Crippen LogP contribution in [0.4, 0.5) is 0 Å². The van der Waals surface area contributed by atoms with Crippen LogP contribution in [0.2, 0.25) is 0 Å². The third kappa shape index (κ3) is 3.88. The number of rotatable bonds is 5. The van der Waals surface area contributed by atoms with E-state index in [1.807, 2.05) is 37.0 Å². The van der Waals surface area contributed by atoms with E-state index in [-0.39, 0.29) is 23.9 Å². The van der Waals surface area contributed by atoms with E-state index >= 15 is 0 Å². The van der Waals surface area contributed by atoms with Crippen LogP contribution < -0.4 is 5.32 Å². The van der Waals surface area contributed by atoms with Gasteiger partial charge < -0.3 is 15.0 Å². The van der Waals surface area contributed by atoms with Crippen molar-refractivity contribution in [2.45, 2.75) is 63.3 Å². The zero-order valence-corrected chi connectivity index (χ0v) is 17.5. The van der Waals surface area contributed by atoms with Gasteiger partial charge in [-0.3, -0.25) is 9.69 Å². The number of nitrogens with one attached hydrogen (secondary N) is 1. The Morgan fingerprint density at radius 2 is 2.21 bits per heavy atom. The minimum atomic E-state index is -0.943. The molecule has 7 heteroatoms. The Kier molecular flexibility index (Phi) is 5.58. The highest BCUT2D eigenvalue weighted by Gasteiger charge is 2.47. The highest BCUT2D eigenvalue weighted by molar-refractivity contribution is 7.10. The Hall–Kier alpha value is -1.70. The molecule has 1 aliphatic carbocycles. The molecule has 0 bridgehead atoms. The average molecular weight is 403 g/mol. The standard InChI is InChI=1S/C21H30N4O2S/c1-21(27)9-11-25(14-17-22-10-12-24(17)2)18(16-8-5-13-28-16)19(21)23-20(26)15-6-3-4-7-15/h5,8,10,12-13,15,18-19,27H,3-4,6-7,9,11,14H2,1-2H3,(H,23,26)/t18-,19-,21+/m0/s1. The molecule has 152 valence electrons. The Bertz CT molecular complexity index is 795. The van der Waals surface area contributed by atoms with Crippen LogP contribution in [0, 0.1) is 5.92 Å². The number of amides is 1. The molecule has 2 fully saturated rings. The summed E-state index contributed by atoms with van der Waals surface area (Å²) >= 11 is 1.68. The summed E-state index contributed by atoms with van der Waals surface area (Å²) < 4.78 is 2.03. The van der Waals surface area contributed by atoms with Gasteiger partial charge in [0, 0.05) is 36.8 Å². The molecule has 2 aromatic rings. The largest absolute Gasteiger partial charge is 0.388 e. The monoisotopic (exact) mass is 402 g/mol. The fourth-order valence-electron chi connectivity index (χ4n) is 4.62. The van der Waals surface area contributed by atoms with Crippen molar-refractivity contribution >= 4 is 17.2 Å². The Morgan fingerprint density at radius 1 is 1.43 bits per heavy atom. The molecule has 0 spiro atoms. The van der Waals surface area contributed by atoms with Crippen LogP contribution >= 0.6 is 11.3 Å². The van der Waals surface area contributed by atoms with Gasteiger partial charge >= 0.3 is 0 Å². The molecule has 3 atom stereocenters. The first-order chi connectivity index (χ1) is 13.5. The van der Waals surface area contributed by atoms with Crippen molar-refractivity contribution in [2.24, 2.45) is 13.0 Å². The van der Waals surface area contributed by atoms with Crippen LogP contribution in [-0.2, 0) is 18.4 Å². The van der Waals surface area contributed by atoms with Crippen molar-refractivity contribution in [3.63, 3.8) is 0 Å². The first-order valence-corrected chi connectivity index (χ1v) is 11.1. The van der Waals surface area contributed by atoms with E-state index in [2.05, 4.69) is 26.6 Å². The number of likely N-dealkylation sites (tertiary alicyclic amines) is 1. The molecule has 0 unspecified atom stereocenters. The number of aryl methyl sites for hydroxylation is 1. The Morgan fingerprint density at radius 3 is 2.86 bits per heavy atom. The maximum Gasteiger partial charge on any atom is 0.223 e. The average Bonchev–Trinajstić information content (AvgIpc) is 3.41. The van der Waals surface area contributed by atoms with Gasteiger partial charge in [0.2, 0.25) is 5.91 Å². The summed E-state index contributed by atoms with van der Waals surface area (Å²) in [7, 11) is 2.00. The number of thiophene rings is 1. The van der Waals surface area contributed by atoms with E-state index in [1.165, 1.54) is 4.88 Å². The van der Waals surface area contributed by atoms with Crippen LogP contribution in [0.1, 0.15) is 55.8 Å². The van der Waals surface area contributed by atoms with Crippen molar-refractivity contribution in [1.82, 2.24) is 19.8 Å². The molecular weight excluding hydrogens is 372 g/mol. The van der Waals surface area contributed by atoms with E-state index in [4.69, 9.17) is 0 Å². The molecule has 6 nitrogen and oxygen atoms in total. The maximum atomic E-state index is 12.9. The second-order valence-corrected chi connectivity index (χ2v) is 9.44. The summed E-state index contributed by atoms with van der Waals surface area (Å²) in [5, 5.41) is 16.6. The lowest BCUT2D eigenvalue weighted by molar-refractivity contribution is -0.132. The molecule has 1 saturated carbocycles. The predicted octanol–water partition coefficient (Wildman–Crippen LogP) is 2.85. The first-order valence-electron chi connectivity index (χ1n) is 10.2. The van der Waals surface area contributed by atoms with Crippen LogP contribution in [0.5, 0.6) is 0 Å². The quantitative estimate of drug-likeness (QED) is 0.807. The molecule has 28 heavy (non-hydrogen) atoms. The van der Waals surface area contributed by atoms with Gasteiger partial charge in [0.25, 0.3) is 0 Å². The number of imidazole rings is 1. The molecule has 1 saturated heterocycles. The van der Waals surface area contributed by atoms with Gasteiger partial charge in [-0.05, 0) is 37.6 Å². The Labute approximate surface area is 170 Å². The second-order valence-electron chi connectivity index (χ2n) is 8.46. The molecular formula is C21H30N4O2S. The second kappa shape index (κ2) is 7.97. The normalized spacial score (nSPS) is 29.2. The van der Waals surface area contributed by atoms with Gasteiger partial charge in [-0.15, -0.1) is 11.3 Å². The lowest BCUT2D eigenvalue weighted by Gasteiger charge is -2.48. The van der Waals surface area contributed by atoms with Crippen molar-refractivity contribution in [3.05, 3.63) is 40.6 Å². The molecule has 4 rings (SSSR count). The summed E-state index contributed by atoms with van der Waals surface area (Å²) in [6.45, 7) is 3.32. The summed E-state index contributed by atoms with van der Waals surface area (Å²) in [6.07, 6.45) is 8.55. The van der Waals surface area contributed by atoms with E-state index in [1.54, 1.807) is 11.3 Å². The molecule has 0 aromatic carbocycles. The van der Waals surface area contributed by atoms with Crippen LogP contribution in [0.25, 0.3) is 0 Å². The zero-order valence-electron chi connectivity index (χ0n) is 16.7. The lowest BCUT2D eigenvalue weighted by atomic mass is 9.81. The third-order valence-electron chi connectivity index (χ3n) is 6.41. The SMILES string of the molecule is Cn1ccnc1CN1CC[C@@](C)(O)[C@@H](NC(=O)C2CCCC2)[C@@H]1c1cccs1. The topological polar surface area (TPSA) is 70.4 Å². The molecule has 3 heterocycles. The zero-order chi connectivity index (χ0) is 19.7. The number of piperidine rings is 1. The molecule has 2 aromatic heterocycles. The fourth-order valence-corrected chi connectivity index (χ4v) is 5.52. The van der Waals surface area contributed by atoms with Crippen LogP contribution in [0.3, 0.4) is 0 Å². The van der Waals surface area contributed by atoms with Crippen molar-refractivity contribution < 1.29 is 9.90 Å². The summed E-state index contributed by atoms with van der Waals surface area (Å²) in [5.74, 6) is 1.18. The van der Waals surface area contributed by atoms with E-state index in [0.717, 1.165) is 38.1 Å². The number of nitrogens with zero attached hydrogens (tertiary/aromatic N) is 3. The minimum absolute atomic E-state index is 0.0641. The highest BCUT2D eigenvalue weighted by Crippen LogP contribution is 2.40. The number of aromatic nitrogens is 2. The smallest absolute Gasteiger partial charge is 0.223 e. The number of hydrogen-bond acceptors (Lipinski definition) is 5. The molecule has 2 N–H and O–H groups in total. The van der Waals surface area contributed by atoms with Gasteiger partial charge in [0.15, 0.2) is 0 Å². The number of carbonyl (C=O) groups excluding carboxylic acids is 1. The summed E-state index contributed by atoms with van der Waals surface area (Å²) in [6, 6.07) is 3.74. The molecule has 1 aliphatic heterocycles. The third-order valence-corrected chi connectivity index (χ3v) is 7.35. The van der Waals surface area contributed by atoms with E-state index in [9.17, 15) is 9.90 Å². The van der Waals surface area contributed by atoms with E-state index < -0.39 is 5.60 Å². The summed E-state index contributed by atoms with van der Waals surface area (Å²) in [5.41, 5.74) is -0.943. The van der Waals surface area contributed by atoms with Gasteiger partial charge in [-0.1, -0.05) is 18.9 Å². The molecule has 2 aliphatic rings. The number of carbonyl (C=O) groups is 1. The first kappa shape index (κ1) is 19.6. The maximum absolute atomic E-state index is 12.9. The minimum Gasteiger partial charge on any atom is -0.388 e. The van der Waals surface area contributed by atoms with Gasteiger partial charge in [0.05, 0.1) is 24.2 Å². The van der Waals surface area contributed by atoms with Crippen molar-refractivity contribution in [2.75, 3.05) is 6.54 Å². The van der Waals surface area contributed by atoms with Crippen molar-refractivity contribution in [3.8, 4) is 0 Å². The van der Waals surface area contributed by atoms with Crippen LogP contribution in [0.15, 0.2) is 29.9 Å². The van der Waals surface area contributed by atoms with E-state index in [0.29, 0.717) is 13.0 Å². The fraction of sp³-hybridized carbons (Fsp3) is 0.619. The number of hydrogen-bond donors (Lipinski definition) is 2. The van der Waals surface area contributed by atoms with Gasteiger partial charge in [0.1, 0.15) is 5.82 Å². The van der Waals surface area contributed by atoms with Gasteiger partial charge in [-0.2, -0.15) is 0 Å². The summed E-state index contributed by atoms with van der Waals surface area (Å²) in [4.78, 5) is 21.0. The predicted molar refractivity (Wildman–Crippen MR) is 110 cm³/mol. The number of aliphatic hydroxyl groups is 1. The molecule has 0 radical (unpaired) electrons. The van der Waals surface area contributed by atoms with Crippen molar-refractivity contribution in [1.29, 1.82) is 0 Å². The Balaban J connectivity index is 1.63. The van der Waals surface area contributed by atoms with Gasteiger partial charge in [-0.25, -0.2) is 4.98 Å². The lowest BCUT2D eigenvalue weighted by Crippen LogP contribution is -2.62. The van der Waals surface area contributed by atoms with Crippen LogP contribution in [-0.4, -0.2) is 43.7 Å². The molecule has 1 amide bonds.